The molecule has 1 N–H and O–H groups in total. The van der Waals surface area contributed by atoms with E-state index in [9.17, 15) is 9.59 Å². The summed E-state index contributed by atoms with van der Waals surface area (Å²) < 4.78 is 12.2. The average Bonchev–Trinajstić information content (AvgIpc) is 3.25. The van der Waals surface area contributed by atoms with Crippen molar-refractivity contribution in [2.45, 2.75) is 6.61 Å². The van der Waals surface area contributed by atoms with E-state index in [4.69, 9.17) is 9.47 Å². The third kappa shape index (κ3) is 2.55. The third-order valence-corrected chi connectivity index (χ3v) is 5.05. The maximum atomic E-state index is 12.8. The number of esters is 1. The topological polar surface area (TPSA) is 82.5 Å². The Labute approximate surface area is 153 Å². The number of para-hydroxylation sites is 1. The van der Waals surface area contributed by atoms with E-state index in [1.54, 1.807) is 23.2 Å². The van der Waals surface area contributed by atoms with Gasteiger partial charge in [-0.15, -0.1) is 11.3 Å². The van der Waals surface area contributed by atoms with E-state index in [-0.39, 0.29) is 12.3 Å². The van der Waals surface area contributed by atoms with Crippen LogP contribution in [0.1, 0.15) is 25.7 Å². The second-order valence-corrected chi connectivity index (χ2v) is 6.61. The number of amides is 1. The summed E-state index contributed by atoms with van der Waals surface area (Å²) in [6, 6.07) is 9.30. The van der Waals surface area contributed by atoms with Crippen molar-refractivity contribution in [3.63, 3.8) is 0 Å². The fourth-order valence-electron chi connectivity index (χ4n) is 3.00. The summed E-state index contributed by atoms with van der Waals surface area (Å²) in [7, 11) is 3.10. The molecule has 2 aromatic heterocycles. The number of fused-ring (bicyclic) bond motifs is 3. The Morgan fingerprint density at radius 2 is 2.12 bits per heavy atom. The van der Waals surface area contributed by atoms with Crippen molar-refractivity contribution in [1.29, 1.82) is 0 Å². The first kappa shape index (κ1) is 16.3. The van der Waals surface area contributed by atoms with Crippen LogP contribution < -0.4 is 10.1 Å². The minimum atomic E-state index is -0.490. The van der Waals surface area contributed by atoms with E-state index in [1.807, 2.05) is 24.3 Å². The molecule has 4 rings (SSSR count). The van der Waals surface area contributed by atoms with Crippen molar-refractivity contribution in [3.05, 3.63) is 51.8 Å². The van der Waals surface area contributed by atoms with Gasteiger partial charge in [0.2, 0.25) is 0 Å². The van der Waals surface area contributed by atoms with Gasteiger partial charge in [-0.25, -0.2) is 4.79 Å². The Hall–Kier alpha value is -3.13. The van der Waals surface area contributed by atoms with Gasteiger partial charge in [0.05, 0.1) is 18.5 Å². The highest BCUT2D eigenvalue weighted by atomic mass is 32.1. The number of rotatable bonds is 3. The van der Waals surface area contributed by atoms with Crippen LogP contribution in [0.15, 0.2) is 35.7 Å². The Balaban J connectivity index is 1.70. The Kier molecular flexibility index (Phi) is 3.96. The molecule has 1 aliphatic heterocycles. The molecule has 3 heterocycles. The molecule has 1 aromatic carbocycles. The van der Waals surface area contributed by atoms with Crippen LogP contribution in [0.2, 0.25) is 0 Å². The molecule has 0 saturated heterocycles. The van der Waals surface area contributed by atoms with Crippen LogP contribution in [0.3, 0.4) is 0 Å². The number of methoxy groups -OCH3 is 1. The highest BCUT2D eigenvalue weighted by Crippen LogP contribution is 2.38. The summed E-state index contributed by atoms with van der Waals surface area (Å²) in [5, 5.41) is 8.84. The first-order valence-corrected chi connectivity index (χ1v) is 8.73. The molecule has 8 heteroatoms. The van der Waals surface area contributed by atoms with Crippen molar-refractivity contribution in [3.8, 4) is 17.0 Å². The summed E-state index contributed by atoms with van der Waals surface area (Å²) in [6.07, 6.45) is 0. The quantitative estimate of drug-likeness (QED) is 0.718. The van der Waals surface area contributed by atoms with Gasteiger partial charge in [0.15, 0.2) is 5.69 Å². The smallest absolute Gasteiger partial charge is 0.350 e. The largest absolute Gasteiger partial charge is 0.488 e. The number of aromatic nitrogens is 2. The normalized spacial score (nSPS) is 11.9. The standard InChI is InChI=1S/C18H15N3O4S/c1-21-15-10-5-3-4-6-13(10)25-9-11(15)14(20-21)17(22)19-12-7-8-26-16(12)18(23)24-2/h3-8H,9H2,1-2H3,(H,19,22). The number of aryl methyl sites for hydroxylation is 1. The summed E-state index contributed by atoms with van der Waals surface area (Å²) in [6.45, 7) is 0.260. The molecule has 0 bridgehead atoms. The SMILES string of the molecule is COC(=O)c1sccc1NC(=O)c1nn(C)c2c1COc1ccccc1-2. The number of hydrogen-bond acceptors (Lipinski definition) is 6. The molecular formula is C18H15N3O4S. The highest BCUT2D eigenvalue weighted by molar-refractivity contribution is 7.12. The zero-order valence-electron chi connectivity index (χ0n) is 14.1. The Morgan fingerprint density at radius 1 is 1.31 bits per heavy atom. The lowest BCUT2D eigenvalue weighted by Crippen LogP contribution is -2.17. The van der Waals surface area contributed by atoms with Gasteiger partial charge < -0.3 is 14.8 Å². The molecule has 26 heavy (non-hydrogen) atoms. The number of hydrogen-bond donors (Lipinski definition) is 1. The third-order valence-electron chi connectivity index (χ3n) is 4.16. The zero-order valence-corrected chi connectivity index (χ0v) is 14.9. The van der Waals surface area contributed by atoms with Crippen molar-refractivity contribution in [2.75, 3.05) is 12.4 Å². The predicted molar refractivity (Wildman–Crippen MR) is 96.6 cm³/mol. The van der Waals surface area contributed by atoms with Gasteiger partial charge in [0.25, 0.3) is 5.91 Å². The van der Waals surface area contributed by atoms with E-state index in [0.29, 0.717) is 10.6 Å². The van der Waals surface area contributed by atoms with Gasteiger partial charge in [-0.05, 0) is 23.6 Å². The number of ether oxygens (including phenoxy) is 2. The first-order chi connectivity index (χ1) is 12.6. The first-order valence-electron chi connectivity index (χ1n) is 7.85. The molecule has 7 nitrogen and oxygen atoms in total. The number of carbonyl (C=O) groups excluding carboxylic acids is 2. The second-order valence-electron chi connectivity index (χ2n) is 5.69. The Bertz CT molecular complexity index is 1020. The number of thiophene rings is 1. The maximum absolute atomic E-state index is 12.8. The van der Waals surface area contributed by atoms with Crippen LogP contribution in [0.25, 0.3) is 11.3 Å². The van der Waals surface area contributed by atoms with Gasteiger partial charge in [0.1, 0.15) is 17.2 Å². The lowest BCUT2D eigenvalue weighted by Gasteiger charge is -2.18. The average molecular weight is 369 g/mol. The van der Waals surface area contributed by atoms with E-state index in [2.05, 4.69) is 10.4 Å². The van der Waals surface area contributed by atoms with Crippen LogP contribution in [0.4, 0.5) is 5.69 Å². The summed E-state index contributed by atoms with van der Waals surface area (Å²) in [4.78, 5) is 24.9. The molecule has 0 spiro atoms. The van der Waals surface area contributed by atoms with Crippen molar-refractivity contribution in [2.24, 2.45) is 7.05 Å². The number of anilines is 1. The molecule has 1 amide bonds. The molecule has 0 aliphatic carbocycles. The van der Waals surface area contributed by atoms with Gasteiger partial charge in [-0.2, -0.15) is 5.10 Å². The minimum Gasteiger partial charge on any atom is -0.488 e. The molecular weight excluding hydrogens is 354 g/mol. The lowest BCUT2D eigenvalue weighted by atomic mass is 10.0. The summed E-state index contributed by atoms with van der Waals surface area (Å²) in [5.41, 5.74) is 3.16. The Morgan fingerprint density at radius 3 is 2.92 bits per heavy atom. The van der Waals surface area contributed by atoms with Crippen LogP contribution in [0.5, 0.6) is 5.75 Å². The molecule has 0 radical (unpaired) electrons. The van der Waals surface area contributed by atoms with E-state index < -0.39 is 11.9 Å². The number of nitrogens with one attached hydrogen (secondary N) is 1. The van der Waals surface area contributed by atoms with Crippen LogP contribution in [0, 0.1) is 0 Å². The zero-order chi connectivity index (χ0) is 18.3. The van der Waals surface area contributed by atoms with Crippen LogP contribution in [-0.4, -0.2) is 28.8 Å². The van der Waals surface area contributed by atoms with Gasteiger partial charge in [-0.1, -0.05) is 12.1 Å². The molecule has 3 aromatic rings. The van der Waals surface area contributed by atoms with Crippen molar-refractivity contribution >= 4 is 28.9 Å². The van der Waals surface area contributed by atoms with E-state index >= 15 is 0 Å². The summed E-state index contributed by atoms with van der Waals surface area (Å²) >= 11 is 1.20. The molecule has 0 atom stereocenters. The maximum Gasteiger partial charge on any atom is 0.350 e. The molecule has 0 unspecified atom stereocenters. The van der Waals surface area contributed by atoms with Gasteiger partial charge in [-0.3, -0.25) is 9.48 Å². The van der Waals surface area contributed by atoms with E-state index in [0.717, 1.165) is 22.6 Å². The van der Waals surface area contributed by atoms with Gasteiger partial charge in [0, 0.05) is 18.2 Å². The van der Waals surface area contributed by atoms with Gasteiger partial charge >= 0.3 is 5.97 Å². The summed E-state index contributed by atoms with van der Waals surface area (Å²) in [5.74, 6) is -0.121. The number of carbonyl (C=O) groups is 2. The molecule has 132 valence electrons. The molecule has 0 fully saturated rings. The van der Waals surface area contributed by atoms with E-state index in [1.165, 1.54) is 18.4 Å². The predicted octanol–water partition coefficient (Wildman–Crippen LogP) is 3.08. The van der Waals surface area contributed by atoms with Crippen molar-refractivity contribution in [1.82, 2.24) is 9.78 Å². The number of benzene rings is 1. The fraction of sp³-hybridized carbons (Fsp3) is 0.167. The highest BCUT2D eigenvalue weighted by Gasteiger charge is 2.29. The number of nitrogens with zero attached hydrogens (tertiary/aromatic N) is 2. The molecule has 0 saturated carbocycles. The van der Waals surface area contributed by atoms with Crippen LogP contribution in [-0.2, 0) is 18.4 Å². The van der Waals surface area contributed by atoms with Crippen molar-refractivity contribution < 1.29 is 19.1 Å². The second kappa shape index (κ2) is 6.30. The molecule has 1 aliphatic rings. The fourth-order valence-corrected chi connectivity index (χ4v) is 3.77. The monoisotopic (exact) mass is 369 g/mol. The minimum absolute atomic E-state index is 0.260. The van der Waals surface area contributed by atoms with Crippen LogP contribution >= 0.6 is 11.3 Å². The lowest BCUT2D eigenvalue weighted by molar-refractivity contribution is 0.0607.